The van der Waals surface area contributed by atoms with Gasteiger partial charge in [0.15, 0.2) is 5.78 Å². The van der Waals surface area contributed by atoms with Crippen LogP contribution in [0.15, 0.2) is 24.3 Å². The number of benzene rings is 1. The molecule has 3 saturated carbocycles. The first kappa shape index (κ1) is 8.16. The molecule has 0 aromatic heterocycles. The first-order chi connectivity index (χ1) is 6.71. The summed E-state index contributed by atoms with van der Waals surface area (Å²) in [6.45, 7) is 0. The number of rotatable bonds is 2. The fourth-order valence-corrected chi connectivity index (χ4v) is 2.69. The summed E-state index contributed by atoms with van der Waals surface area (Å²) in [6, 6.07) is 6.30. The van der Waals surface area contributed by atoms with Crippen molar-refractivity contribution < 1.29 is 9.18 Å². The molecule has 2 heteroatoms. The quantitative estimate of drug-likeness (QED) is 0.655. The van der Waals surface area contributed by atoms with Gasteiger partial charge in [-0.15, -0.1) is 0 Å². The van der Waals surface area contributed by atoms with Crippen molar-refractivity contribution in [2.45, 2.75) is 19.3 Å². The zero-order valence-electron chi connectivity index (χ0n) is 7.79. The molecule has 0 atom stereocenters. The minimum absolute atomic E-state index is 0.0260. The molecule has 0 unspecified atom stereocenters. The van der Waals surface area contributed by atoms with Gasteiger partial charge in [-0.05, 0) is 37.3 Å². The molecule has 0 amide bonds. The minimum atomic E-state index is -0.373. The fourth-order valence-electron chi connectivity index (χ4n) is 2.69. The molecule has 0 heterocycles. The predicted octanol–water partition coefficient (Wildman–Crippen LogP) is 2.81. The number of ketones is 1. The van der Waals surface area contributed by atoms with Gasteiger partial charge >= 0.3 is 0 Å². The largest absolute Gasteiger partial charge is 0.293 e. The second-order valence-electron chi connectivity index (χ2n) is 4.57. The monoisotopic (exact) mass is 190 g/mol. The summed E-state index contributed by atoms with van der Waals surface area (Å²) >= 11 is 0. The lowest BCUT2D eigenvalue weighted by molar-refractivity contribution is -0.0709. The Morgan fingerprint density at radius 3 is 2.43 bits per heavy atom. The lowest BCUT2D eigenvalue weighted by Crippen LogP contribution is -2.56. The normalized spacial score (nSPS) is 33.1. The van der Waals surface area contributed by atoms with Gasteiger partial charge in [0.25, 0.3) is 0 Å². The molecule has 3 fully saturated rings. The van der Waals surface area contributed by atoms with Gasteiger partial charge in [-0.1, -0.05) is 12.1 Å². The number of halogens is 1. The second kappa shape index (κ2) is 2.44. The Morgan fingerprint density at radius 1 is 1.29 bits per heavy atom. The Morgan fingerprint density at radius 2 is 1.93 bits per heavy atom. The molecule has 2 bridgehead atoms. The van der Waals surface area contributed by atoms with Crippen molar-refractivity contribution in [3.63, 3.8) is 0 Å². The number of Topliss-reactive ketones (excluding diaryl/α,β-unsaturated/α-hetero) is 1. The van der Waals surface area contributed by atoms with Gasteiger partial charge < -0.3 is 0 Å². The van der Waals surface area contributed by atoms with Crippen LogP contribution < -0.4 is 0 Å². The molecule has 0 radical (unpaired) electrons. The van der Waals surface area contributed by atoms with E-state index in [2.05, 4.69) is 0 Å². The van der Waals surface area contributed by atoms with Crippen LogP contribution in [-0.4, -0.2) is 5.78 Å². The van der Waals surface area contributed by atoms with Gasteiger partial charge in [-0.25, -0.2) is 4.39 Å². The van der Waals surface area contributed by atoms with E-state index in [0.29, 0.717) is 0 Å². The molecule has 0 saturated heterocycles. The summed E-state index contributed by atoms with van der Waals surface area (Å²) in [5.74, 6) is 0.408. The van der Waals surface area contributed by atoms with E-state index in [1.807, 2.05) is 0 Å². The Bertz CT molecular complexity index is 394. The van der Waals surface area contributed by atoms with Gasteiger partial charge in [0, 0.05) is 5.41 Å². The number of hydrogen-bond donors (Lipinski definition) is 0. The van der Waals surface area contributed by atoms with Crippen molar-refractivity contribution in [2.75, 3.05) is 0 Å². The molecule has 1 aromatic carbocycles. The molecule has 3 aliphatic rings. The molecule has 1 nitrogen and oxygen atoms in total. The van der Waals surface area contributed by atoms with Crippen LogP contribution in [0.5, 0.6) is 0 Å². The van der Waals surface area contributed by atoms with Crippen LogP contribution >= 0.6 is 0 Å². The summed E-state index contributed by atoms with van der Waals surface area (Å²) < 4.78 is 13.3. The van der Waals surface area contributed by atoms with Crippen molar-refractivity contribution in [2.24, 2.45) is 11.3 Å². The van der Waals surface area contributed by atoms with Crippen LogP contribution in [0.3, 0.4) is 0 Å². The zero-order valence-corrected chi connectivity index (χ0v) is 7.79. The predicted molar refractivity (Wildman–Crippen MR) is 50.5 cm³/mol. The minimum Gasteiger partial charge on any atom is -0.293 e. The average Bonchev–Trinajstić information content (AvgIpc) is 1.99. The number of carbonyl (C=O) groups excluding carboxylic acids is 1. The molecule has 4 rings (SSSR count). The average molecular weight is 190 g/mol. The Kier molecular flexibility index (Phi) is 1.42. The van der Waals surface area contributed by atoms with Crippen molar-refractivity contribution in [3.05, 3.63) is 35.6 Å². The number of carbonyl (C=O) groups is 1. The molecule has 0 spiro atoms. The van der Waals surface area contributed by atoms with Crippen molar-refractivity contribution in [1.82, 2.24) is 0 Å². The molecule has 72 valence electrons. The van der Waals surface area contributed by atoms with Crippen LogP contribution in [0.2, 0.25) is 0 Å². The van der Waals surface area contributed by atoms with Crippen molar-refractivity contribution >= 4 is 5.78 Å². The van der Waals surface area contributed by atoms with Gasteiger partial charge in [0.2, 0.25) is 0 Å². The van der Waals surface area contributed by atoms with E-state index < -0.39 is 0 Å². The molecule has 14 heavy (non-hydrogen) atoms. The smallest absolute Gasteiger partial charge is 0.171 e. The Hall–Kier alpha value is -1.18. The molecule has 0 aliphatic heterocycles. The third-order valence-corrected chi connectivity index (χ3v) is 3.64. The summed E-state index contributed by atoms with van der Waals surface area (Å²) in [4.78, 5) is 12.0. The summed E-state index contributed by atoms with van der Waals surface area (Å²) in [6.07, 6.45) is 2.96. The van der Waals surface area contributed by atoms with Crippen molar-refractivity contribution in [1.29, 1.82) is 0 Å². The van der Waals surface area contributed by atoms with Crippen LogP contribution in [-0.2, 0) is 0 Å². The summed E-state index contributed by atoms with van der Waals surface area (Å²) in [5.41, 5.74) is 0.123. The highest BCUT2D eigenvalue weighted by molar-refractivity contribution is 6.02. The lowest BCUT2D eigenvalue weighted by Gasteiger charge is -2.60. The van der Waals surface area contributed by atoms with E-state index in [1.165, 1.54) is 6.07 Å². The Labute approximate surface area is 81.9 Å². The molecule has 0 N–H and O–H groups in total. The topological polar surface area (TPSA) is 17.1 Å². The van der Waals surface area contributed by atoms with E-state index in [4.69, 9.17) is 0 Å². The van der Waals surface area contributed by atoms with Crippen LogP contribution in [0.4, 0.5) is 4.39 Å². The van der Waals surface area contributed by atoms with Gasteiger partial charge in [-0.3, -0.25) is 4.79 Å². The first-order valence-electron chi connectivity index (χ1n) is 5.01. The van der Waals surface area contributed by atoms with Crippen LogP contribution in [0.1, 0.15) is 29.6 Å². The first-order valence-corrected chi connectivity index (χ1v) is 5.01. The van der Waals surface area contributed by atoms with Crippen molar-refractivity contribution in [3.8, 4) is 0 Å². The molecular formula is C12H11FO. The van der Waals surface area contributed by atoms with Crippen LogP contribution in [0, 0.1) is 17.2 Å². The van der Waals surface area contributed by atoms with Gasteiger partial charge in [0.1, 0.15) is 5.82 Å². The lowest BCUT2D eigenvalue weighted by atomic mass is 9.42. The SMILES string of the molecule is O=C(c1ccccc1F)C12CC(C1)C2. The van der Waals surface area contributed by atoms with E-state index in [-0.39, 0.29) is 22.6 Å². The highest BCUT2D eigenvalue weighted by Crippen LogP contribution is 2.65. The molecular weight excluding hydrogens is 179 g/mol. The van der Waals surface area contributed by atoms with Crippen LogP contribution in [0.25, 0.3) is 0 Å². The van der Waals surface area contributed by atoms with Gasteiger partial charge in [0.05, 0.1) is 5.56 Å². The Balaban J connectivity index is 1.95. The third-order valence-electron chi connectivity index (χ3n) is 3.64. The standard InChI is InChI=1S/C12H11FO/c13-10-4-2-1-3-9(10)11(14)12-5-8(6-12)7-12/h1-4,8H,5-7H2. The fraction of sp³-hybridized carbons (Fsp3) is 0.417. The summed E-state index contributed by atoms with van der Waals surface area (Å²) in [5, 5.41) is 0. The summed E-state index contributed by atoms with van der Waals surface area (Å²) in [7, 11) is 0. The molecule has 3 aliphatic carbocycles. The molecule has 1 aromatic rings. The maximum Gasteiger partial charge on any atom is 0.171 e. The third kappa shape index (κ3) is 0.861. The highest BCUT2D eigenvalue weighted by Gasteiger charge is 2.61. The number of hydrogen-bond acceptors (Lipinski definition) is 1. The maximum atomic E-state index is 13.3. The second-order valence-corrected chi connectivity index (χ2v) is 4.57. The van der Waals surface area contributed by atoms with E-state index in [1.54, 1.807) is 18.2 Å². The van der Waals surface area contributed by atoms with Gasteiger partial charge in [-0.2, -0.15) is 0 Å². The van der Waals surface area contributed by atoms with E-state index in [9.17, 15) is 9.18 Å². The van der Waals surface area contributed by atoms with E-state index in [0.717, 1.165) is 25.2 Å². The highest BCUT2D eigenvalue weighted by atomic mass is 19.1. The maximum absolute atomic E-state index is 13.3. The zero-order chi connectivity index (χ0) is 9.76. The van der Waals surface area contributed by atoms with E-state index >= 15 is 0 Å².